The molecule has 0 aliphatic heterocycles. The highest BCUT2D eigenvalue weighted by molar-refractivity contribution is 5.83. The van der Waals surface area contributed by atoms with Gasteiger partial charge in [-0.15, -0.1) is 0 Å². The minimum Gasteiger partial charge on any atom is -0.490 e. The number of nitrogens with two attached hydrogens (primary N) is 1. The van der Waals surface area contributed by atoms with Gasteiger partial charge >= 0.3 is 0 Å². The molecular formula is C14H19N3O. The summed E-state index contributed by atoms with van der Waals surface area (Å²) in [6.07, 6.45) is 6.42. The lowest BCUT2D eigenvalue weighted by Crippen LogP contribution is -2.31. The van der Waals surface area contributed by atoms with E-state index in [2.05, 4.69) is 17.1 Å². The first kappa shape index (κ1) is 11.5. The topological polar surface area (TPSA) is 63.9 Å². The van der Waals surface area contributed by atoms with E-state index in [0.29, 0.717) is 12.1 Å². The van der Waals surface area contributed by atoms with Crippen LogP contribution in [0, 0.1) is 6.92 Å². The summed E-state index contributed by atoms with van der Waals surface area (Å²) in [4.78, 5) is 0. The van der Waals surface area contributed by atoms with Gasteiger partial charge in [-0.2, -0.15) is 5.10 Å². The van der Waals surface area contributed by atoms with Gasteiger partial charge in [0.05, 0.1) is 17.8 Å². The van der Waals surface area contributed by atoms with E-state index in [0.717, 1.165) is 47.9 Å². The van der Waals surface area contributed by atoms with Crippen molar-refractivity contribution in [2.45, 2.75) is 44.8 Å². The zero-order chi connectivity index (χ0) is 12.5. The number of aromatic amines is 1. The Morgan fingerprint density at radius 1 is 1.28 bits per heavy atom. The Morgan fingerprint density at radius 2 is 2.06 bits per heavy atom. The first-order chi connectivity index (χ1) is 8.74. The van der Waals surface area contributed by atoms with Crippen molar-refractivity contribution in [1.82, 2.24) is 10.2 Å². The number of nitrogens with one attached hydrogen (secondary N) is 1. The minimum absolute atomic E-state index is 0.313. The Labute approximate surface area is 107 Å². The molecule has 1 heterocycles. The Hall–Kier alpha value is -1.55. The summed E-state index contributed by atoms with van der Waals surface area (Å²) in [7, 11) is 0. The molecule has 2 aromatic rings. The lowest BCUT2D eigenvalue weighted by atomic mass is 9.93. The van der Waals surface area contributed by atoms with Crippen LogP contribution in [0.25, 0.3) is 10.9 Å². The number of aromatic nitrogens is 2. The maximum atomic E-state index is 6.11. The highest BCUT2D eigenvalue weighted by Gasteiger charge is 2.20. The maximum Gasteiger partial charge on any atom is 0.123 e. The molecule has 0 bridgehead atoms. The normalized spacial score (nSPS) is 24.3. The third-order valence-electron chi connectivity index (χ3n) is 3.86. The van der Waals surface area contributed by atoms with Gasteiger partial charge in [-0.05, 0) is 44.7 Å². The fraction of sp³-hybridized carbons (Fsp3) is 0.500. The SMILES string of the molecule is Cc1c(O[C@H]2CC[C@@H](N)CC2)ccc2[nH]ncc12. The number of nitrogens with zero attached hydrogens (tertiary/aromatic N) is 1. The second kappa shape index (κ2) is 4.61. The van der Waals surface area contributed by atoms with Crippen LogP contribution in [0.3, 0.4) is 0 Å². The van der Waals surface area contributed by atoms with E-state index in [1.165, 1.54) is 0 Å². The number of fused-ring (bicyclic) bond motifs is 1. The molecule has 3 N–H and O–H groups in total. The fourth-order valence-corrected chi connectivity index (χ4v) is 2.65. The number of hydrogen-bond acceptors (Lipinski definition) is 3. The van der Waals surface area contributed by atoms with Crippen molar-refractivity contribution in [2.24, 2.45) is 5.73 Å². The molecule has 0 amide bonds. The molecule has 18 heavy (non-hydrogen) atoms. The fourth-order valence-electron chi connectivity index (χ4n) is 2.65. The third-order valence-corrected chi connectivity index (χ3v) is 3.86. The van der Waals surface area contributed by atoms with Crippen molar-refractivity contribution in [3.63, 3.8) is 0 Å². The van der Waals surface area contributed by atoms with Crippen molar-refractivity contribution >= 4 is 10.9 Å². The molecule has 4 nitrogen and oxygen atoms in total. The minimum atomic E-state index is 0.313. The third kappa shape index (κ3) is 2.08. The van der Waals surface area contributed by atoms with Gasteiger partial charge in [-0.1, -0.05) is 0 Å². The van der Waals surface area contributed by atoms with E-state index in [-0.39, 0.29) is 0 Å². The van der Waals surface area contributed by atoms with Gasteiger partial charge in [0.1, 0.15) is 5.75 Å². The van der Waals surface area contributed by atoms with Gasteiger partial charge in [0.2, 0.25) is 0 Å². The van der Waals surface area contributed by atoms with Gasteiger partial charge < -0.3 is 10.5 Å². The number of H-pyrrole nitrogens is 1. The molecule has 4 heteroatoms. The molecule has 1 aliphatic rings. The summed E-state index contributed by atoms with van der Waals surface area (Å²) >= 11 is 0. The average molecular weight is 245 g/mol. The molecule has 1 aliphatic carbocycles. The second-order valence-electron chi connectivity index (χ2n) is 5.17. The van der Waals surface area contributed by atoms with Gasteiger partial charge in [0.25, 0.3) is 0 Å². The Balaban J connectivity index is 1.80. The first-order valence-corrected chi connectivity index (χ1v) is 6.59. The van der Waals surface area contributed by atoms with Crippen molar-refractivity contribution in [1.29, 1.82) is 0 Å². The largest absolute Gasteiger partial charge is 0.490 e. The highest BCUT2D eigenvalue weighted by atomic mass is 16.5. The average Bonchev–Trinajstić information content (AvgIpc) is 2.84. The molecule has 96 valence electrons. The van der Waals surface area contributed by atoms with E-state index >= 15 is 0 Å². The van der Waals surface area contributed by atoms with Crippen LogP contribution < -0.4 is 10.5 Å². The van der Waals surface area contributed by atoms with E-state index in [1.807, 2.05) is 18.3 Å². The van der Waals surface area contributed by atoms with Crippen LogP contribution in [-0.4, -0.2) is 22.3 Å². The van der Waals surface area contributed by atoms with E-state index < -0.39 is 0 Å². The molecule has 1 aromatic carbocycles. The number of rotatable bonds is 2. The van der Waals surface area contributed by atoms with Crippen LogP contribution in [0.1, 0.15) is 31.2 Å². The summed E-state index contributed by atoms with van der Waals surface area (Å²) in [6.45, 7) is 2.09. The predicted molar refractivity (Wildman–Crippen MR) is 71.7 cm³/mol. The number of benzene rings is 1. The molecule has 0 saturated heterocycles. The Kier molecular flexibility index (Phi) is 2.96. The van der Waals surface area contributed by atoms with Crippen LogP contribution in [0.2, 0.25) is 0 Å². The zero-order valence-electron chi connectivity index (χ0n) is 10.6. The molecule has 0 atom stereocenters. The van der Waals surface area contributed by atoms with Gasteiger partial charge in [-0.25, -0.2) is 0 Å². The van der Waals surface area contributed by atoms with Crippen LogP contribution in [0.5, 0.6) is 5.75 Å². The van der Waals surface area contributed by atoms with E-state index in [9.17, 15) is 0 Å². The smallest absolute Gasteiger partial charge is 0.123 e. The molecule has 1 fully saturated rings. The number of ether oxygens (including phenoxy) is 1. The van der Waals surface area contributed by atoms with Crippen LogP contribution >= 0.6 is 0 Å². The molecule has 3 rings (SSSR count). The first-order valence-electron chi connectivity index (χ1n) is 6.59. The molecule has 1 saturated carbocycles. The van der Waals surface area contributed by atoms with Crippen LogP contribution in [0.4, 0.5) is 0 Å². The number of hydrogen-bond donors (Lipinski definition) is 2. The summed E-state index contributed by atoms with van der Waals surface area (Å²) < 4.78 is 6.11. The highest BCUT2D eigenvalue weighted by Crippen LogP contribution is 2.29. The monoisotopic (exact) mass is 245 g/mol. The summed E-state index contributed by atoms with van der Waals surface area (Å²) in [5, 5.41) is 8.18. The number of aryl methyl sites for hydroxylation is 1. The van der Waals surface area contributed by atoms with Crippen molar-refractivity contribution in [3.05, 3.63) is 23.9 Å². The Morgan fingerprint density at radius 3 is 2.83 bits per heavy atom. The van der Waals surface area contributed by atoms with E-state index in [1.54, 1.807) is 0 Å². The predicted octanol–water partition coefficient (Wildman–Crippen LogP) is 2.52. The van der Waals surface area contributed by atoms with Crippen molar-refractivity contribution in [2.75, 3.05) is 0 Å². The lowest BCUT2D eigenvalue weighted by Gasteiger charge is -2.27. The summed E-state index contributed by atoms with van der Waals surface area (Å²) in [5.41, 5.74) is 8.14. The molecule has 0 spiro atoms. The van der Waals surface area contributed by atoms with Gasteiger partial charge in [0, 0.05) is 17.0 Å². The van der Waals surface area contributed by atoms with Crippen molar-refractivity contribution < 1.29 is 4.74 Å². The second-order valence-corrected chi connectivity index (χ2v) is 5.17. The summed E-state index contributed by atoms with van der Waals surface area (Å²) in [6, 6.07) is 4.42. The lowest BCUT2D eigenvalue weighted by molar-refractivity contribution is 0.146. The van der Waals surface area contributed by atoms with Gasteiger partial charge in [-0.3, -0.25) is 5.10 Å². The van der Waals surface area contributed by atoms with E-state index in [4.69, 9.17) is 10.5 Å². The molecule has 0 radical (unpaired) electrons. The summed E-state index contributed by atoms with van der Waals surface area (Å²) in [5.74, 6) is 0.976. The van der Waals surface area contributed by atoms with Crippen molar-refractivity contribution in [3.8, 4) is 5.75 Å². The zero-order valence-corrected chi connectivity index (χ0v) is 10.6. The van der Waals surface area contributed by atoms with Gasteiger partial charge in [0.15, 0.2) is 0 Å². The molecule has 0 unspecified atom stereocenters. The Bertz CT molecular complexity index is 541. The van der Waals surface area contributed by atoms with Crippen LogP contribution in [0.15, 0.2) is 18.3 Å². The quantitative estimate of drug-likeness (QED) is 0.854. The molecule has 1 aromatic heterocycles. The molecular weight excluding hydrogens is 226 g/mol. The maximum absolute atomic E-state index is 6.11. The standard InChI is InChI=1S/C14H19N3O/c1-9-12-8-16-17-13(12)6-7-14(9)18-11-4-2-10(15)3-5-11/h6-8,10-11H,2-5,15H2,1H3,(H,16,17)/t10-,11+. The van der Waals surface area contributed by atoms with Crippen LogP contribution in [-0.2, 0) is 0 Å².